The molecule has 252 valence electrons. The number of carboxylic acids is 2. The molecule has 3 aromatic rings. The summed E-state index contributed by atoms with van der Waals surface area (Å²) in [5, 5.41) is 20.3. The summed E-state index contributed by atoms with van der Waals surface area (Å²) in [6.07, 6.45) is 3.78. The molecule has 1 aliphatic carbocycles. The quantitative estimate of drug-likeness (QED) is 0.0960. The Balaban J connectivity index is 1.06. The van der Waals surface area contributed by atoms with Crippen molar-refractivity contribution >= 4 is 46.4 Å². The molecule has 2 saturated heterocycles. The normalized spacial score (nSPS) is 20.1. The van der Waals surface area contributed by atoms with Gasteiger partial charge in [-0.05, 0) is 41.5 Å². The highest BCUT2D eigenvalue weighted by Crippen LogP contribution is 2.46. The van der Waals surface area contributed by atoms with E-state index in [0.29, 0.717) is 44.9 Å². The first-order valence-corrected chi connectivity index (χ1v) is 17.1. The first kappa shape index (κ1) is 32.8. The van der Waals surface area contributed by atoms with Crippen molar-refractivity contribution in [3.05, 3.63) is 124 Å². The number of thioether (sulfide) groups is 1. The smallest absolute Gasteiger partial charge is 0.336 e. The van der Waals surface area contributed by atoms with Crippen LogP contribution in [0.3, 0.4) is 0 Å². The van der Waals surface area contributed by atoms with Crippen LogP contribution in [0.1, 0.15) is 22.3 Å². The van der Waals surface area contributed by atoms with Gasteiger partial charge in [0.1, 0.15) is 35.5 Å². The monoisotopic (exact) mass is 689 g/mol. The number of ether oxygens (including phenoxy) is 1. The minimum absolute atomic E-state index is 0.0491. The minimum Gasteiger partial charge on any atom is -0.489 e. The van der Waals surface area contributed by atoms with Gasteiger partial charge in [0.15, 0.2) is 5.43 Å². The molecule has 10 nitrogen and oxygen atoms in total. The number of fused-ring (bicyclic) bond motifs is 3. The zero-order valence-corrected chi connectivity index (χ0v) is 27.4. The molecule has 0 radical (unpaired) electrons. The third-order valence-corrected chi connectivity index (χ3v) is 10.6. The largest absolute Gasteiger partial charge is 0.489 e. The maximum Gasteiger partial charge on any atom is 0.336 e. The fourth-order valence-electron chi connectivity index (χ4n) is 6.83. The number of carbonyl (C=O) groups is 4. The molecule has 0 bridgehead atoms. The summed E-state index contributed by atoms with van der Waals surface area (Å²) in [6, 6.07) is 24.5. The molecule has 50 heavy (non-hydrogen) atoms. The molecule has 2 N–H and O–H groups in total. The third kappa shape index (κ3) is 6.27. The van der Waals surface area contributed by atoms with Crippen molar-refractivity contribution in [3.8, 4) is 28.2 Å². The van der Waals surface area contributed by atoms with Crippen molar-refractivity contribution in [3.63, 3.8) is 0 Å². The van der Waals surface area contributed by atoms with E-state index in [4.69, 9.17) is 9.15 Å². The van der Waals surface area contributed by atoms with Crippen LogP contribution in [0.25, 0.3) is 33.4 Å². The fraction of sp³-hybridized carbons (Fsp3) is 0.205. The molecule has 2 unspecified atom stereocenters. The number of amides is 1. The summed E-state index contributed by atoms with van der Waals surface area (Å²) in [5.74, 6) is -2.33. The van der Waals surface area contributed by atoms with Gasteiger partial charge >= 0.3 is 11.9 Å². The van der Waals surface area contributed by atoms with Gasteiger partial charge in [-0.1, -0.05) is 60.7 Å². The van der Waals surface area contributed by atoms with Gasteiger partial charge in [0.05, 0.1) is 16.9 Å². The zero-order valence-electron chi connectivity index (χ0n) is 26.6. The van der Waals surface area contributed by atoms with Crippen LogP contribution in [0.5, 0.6) is 5.75 Å². The Kier molecular flexibility index (Phi) is 8.98. The number of aliphatic carboxylic acids is 1. The summed E-state index contributed by atoms with van der Waals surface area (Å²) in [7, 11) is 0. The SMILES string of the molecule is O=C(Cc1ccccc1)C[C@@H]1C(=O)N2C(C(=O)O)C(/C=C\COc3ccc4c(-c5ccccc5C(=O)O)c5ccc(=O)cc-5oc4c3)CS[C@H]12. The van der Waals surface area contributed by atoms with Crippen molar-refractivity contribution < 1.29 is 38.5 Å². The number of benzene rings is 4. The highest BCUT2D eigenvalue weighted by atomic mass is 32.2. The molecular formula is C39H31NO9S. The first-order valence-electron chi connectivity index (χ1n) is 16.0. The van der Waals surface area contributed by atoms with Crippen LogP contribution in [0, 0.1) is 11.8 Å². The Bertz CT molecular complexity index is 2190. The Labute approximate surface area is 290 Å². The molecule has 11 heteroatoms. The van der Waals surface area contributed by atoms with Crippen molar-refractivity contribution in [2.75, 3.05) is 12.4 Å². The highest BCUT2D eigenvalue weighted by molar-refractivity contribution is 8.00. The van der Waals surface area contributed by atoms with E-state index in [1.807, 2.05) is 30.3 Å². The number of aromatic carboxylic acids is 1. The number of hydrogen-bond donors (Lipinski definition) is 2. The van der Waals surface area contributed by atoms with Crippen LogP contribution in [0.2, 0.25) is 0 Å². The highest BCUT2D eigenvalue weighted by Gasteiger charge is 2.57. The van der Waals surface area contributed by atoms with Crippen LogP contribution in [-0.4, -0.2) is 62.5 Å². The van der Waals surface area contributed by atoms with Gasteiger partial charge in [-0.25, -0.2) is 9.59 Å². The molecule has 1 amide bonds. The Morgan fingerprint density at radius 3 is 2.48 bits per heavy atom. The molecule has 3 heterocycles. The van der Waals surface area contributed by atoms with Gasteiger partial charge in [0.2, 0.25) is 5.91 Å². The predicted octanol–water partition coefficient (Wildman–Crippen LogP) is 6.00. The van der Waals surface area contributed by atoms with E-state index in [1.165, 1.54) is 34.9 Å². The number of nitrogens with zero attached hydrogens (tertiary/aromatic N) is 1. The molecule has 3 aliphatic heterocycles. The summed E-state index contributed by atoms with van der Waals surface area (Å²) < 4.78 is 12.1. The van der Waals surface area contributed by atoms with Gasteiger partial charge in [0.25, 0.3) is 0 Å². The van der Waals surface area contributed by atoms with Crippen molar-refractivity contribution in [2.24, 2.45) is 11.8 Å². The van der Waals surface area contributed by atoms with E-state index >= 15 is 0 Å². The molecule has 0 saturated carbocycles. The summed E-state index contributed by atoms with van der Waals surface area (Å²) in [5.41, 5.74) is 2.80. The van der Waals surface area contributed by atoms with Gasteiger partial charge in [0, 0.05) is 53.2 Å². The fourth-order valence-corrected chi connectivity index (χ4v) is 8.39. The van der Waals surface area contributed by atoms with Crippen LogP contribution >= 0.6 is 11.8 Å². The maximum atomic E-state index is 13.1. The average molecular weight is 690 g/mol. The lowest BCUT2D eigenvalue weighted by Crippen LogP contribution is -2.69. The van der Waals surface area contributed by atoms with Gasteiger partial charge < -0.3 is 24.3 Å². The third-order valence-electron chi connectivity index (χ3n) is 9.12. The molecule has 2 fully saturated rings. The van der Waals surface area contributed by atoms with E-state index < -0.39 is 29.8 Å². The van der Waals surface area contributed by atoms with E-state index in [2.05, 4.69) is 0 Å². The standard InChI is InChI=1S/C39H31NO9S/c41-24-12-14-29-32(19-24)49-33-20-26(13-15-30(33)34(29)27-10-4-5-11-28(27)38(44)45)48-16-6-9-23-21-50-37-31(36(43)40(37)35(23)39(46)47)18-25(42)17-22-7-2-1-3-8-22/h1-15,19-20,23,31,35,37H,16-18,21H2,(H,44,45)(H,46,47)/b9-6-/t23?,31-,35?,37-/m1/s1. The van der Waals surface area contributed by atoms with Gasteiger partial charge in [-0.3, -0.25) is 14.4 Å². The molecule has 7 rings (SSSR count). The van der Waals surface area contributed by atoms with Crippen molar-refractivity contribution in [2.45, 2.75) is 24.3 Å². The lowest BCUT2D eigenvalue weighted by atomic mass is 9.86. The predicted molar refractivity (Wildman–Crippen MR) is 187 cm³/mol. The summed E-state index contributed by atoms with van der Waals surface area (Å²) in [6.45, 7) is 0.0972. The molecule has 0 aromatic heterocycles. The lowest BCUT2D eigenvalue weighted by molar-refractivity contribution is -0.167. The summed E-state index contributed by atoms with van der Waals surface area (Å²) in [4.78, 5) is 63.9. The molecule has 3 aromatic carbocycles. The van der Waals surface area contributed by atoms with E-state index in [-0.39, 0.29) is 47.5 Å². The van der Waals surface area contributed by atoms with Crippen molar-refractivity contribution in [1.29, 1.82) is 0 Å². The zero-order chi connectivity index (χ0) is 34.9. The minimum atomic E-state index is -1.10. The number of rotatable bonds is 11. The molecule has 0 spiro atoms. The molecule has 4 aliphatic rings. The van der Waals surface area contributed by atoms with Crippen LogP contribution in [0.15, 0.2) is 112 Å². The second-order valence-electron chi connectivity index (χ2n) is 12.3. The molecular weight excluding hydrogens is 658 g/mol. The van der Waals surface area contributed by atoms with Crippen molar-refractivity contribution in [1.82, 2.24) is 4.90 Å². The topological polar surface area (TPSA) is 151 Å². The van der Waals surface area contributed by atoms with Gasteiger partial charge in [-0.15, -0.1) is 11.8 Å². The lowest BCUT2D eigenvalue weighted by Gasteiger charge is -2.54. The number of hydrogen-bond acceptors (Lipinski definition) is 8. The van der Waals surface area contributed by atoms with Crippen LogP contribution in [0.4, 0.5) is 0 Å². The Morgan fingerprint density at radius 1 is 0.920 bits per heavy atom. The van der Waals surface area contributed by atoms with E-state index in [0.717, 1.165) is 5.56 Å². The number of carbonyl (C=O) groups excluding carboxylic acids is 2. The number of Topliss-reactive ketones (excluding diaryl/α,β-unsaturated/α-hetero) is 1. The Morgan fingerprint density at radius 2 is 1.70 bits per heavy atom. The number of carboxylic acid groups (broad SMARTS) is 2. The second kappa shape index (κ2) is 13.7. The maximum absolute atomic E-state index is 13.1. The van der Waals surface area contributed by atoms with Crippen LogP contribution < -0.4 is 10.2 Å². The van der Waals surface area contributed by atoms with Crippen LogP contribution in [-0.2, 0) is 20.8 Å². The van der Waals surface area contributed by atoms with E-state index in [1.54, 1.807) is 54.6 Å². The average Bonchev–Trinajstić information content (AvgIpc) is 3.11. The first-order chi connectivity index (χ1) is 24.2. The number of ketones is 1. The Hall–Kier alpha value is -5.68. The number of β-lactam (4-membered cyclic amide) rings is 1. The van der Waals surface area contributed by atoms with E-state index in [9.17, 15) is 34.2 Å². The van der Waals surface area contributed by atoms with Gasteiger partial charge in [-0.2, -0.15) is 0 Å². The summed E-state index contributed by atoms with van der Waals surface area (Å²) >= 11 is 1.49. The molecule has 4 atom stereocenters. The second-order valence-corrected chi connectivity index (χ2v) is 13.5.